The van der Waals surface area contributed by atoms with Crippen LogP contribution in [0.1, 0.15) is 44.2 Å². The Balaban J connectivity index is 2.03. The van der Waals surface area contributed by atoms with Gasteiger partial charge in [-0.05, 0) is 44.4 Å². The quantitative estimate of drug-likeness (QED) is 0.778. The third-order valence-corrected chi connectivity index (χ3v) is 4.21. The van der Waals surface area contributed by atoms with Crippen LogP contribution in [-0.4, -0.2) is 29.3 Å². The molecule has 1 fully saturated rings. The van der Waals surface area contributed by atoms with E-state index in [2.05, 4.69) is 5.32 Å². The zero-order valence-electron chi connectivity index (χ0n) is 12.5. The molecular formula is C16H23NO4. The van der Waals surface area contributed by atoms with E-state index in [1.165, 1.54) is 0 Å². The van der Waals surface area contributed by atoms with Gasteiger partial charge in [0.1, 0.15) is 11.5 Å². The highest BCUT2D eigenvalue weighted by Crippen LogP contribution is 2.31. The van der Waals surface area contributed by atoms with Gasteiger partial charge in [0.25, 0.3) is 0 Å². The van der Waals surface area contributed by atoms with Crippen molar-refractivity contribution in [3.63, 3.8) is 0 Å². The fourth-order valence-electron chi connectivity index (χ4n) is 3.02. The second-order valence-corrected chi connectivity index (χ2v) is 5.71. The number of carboxylic acid groups (broad SMARTS) is 1. The zero-order chi connectivity index (χ0) is 15.4. The van der Waals surface area contributed by atoms with Gasteiger partial charge in [0.15, 0.2) is 0 Å². The van der Waals surface area contributed by atoms with Crippen LogP contribution in [0.3, 0.4) is 0 Å². The number of aliphatic carboxylic acids is 1. The Bertz CT molecular complexity index is 503. The van der Waals surface area contributed by atoms with Crippen molar-refractivity contribution in [1.29, 1.82) is 0 Å². The molecule has 5 nitrogen and oxygen atoms in total. The number of rotatable bonds is 5. The van der Waals surface area contributed by atoms with E-state index in [0.717, 1.165) is 24.8 Å². The van der Waals surface area contributed by atoms with Crippen molar-refractivity contribution in [2.75, 3.05) is 7.11 Å². The summed E-state index contributed by atoms with van der Waals surface area (Å²) >= 11 is 0. The summed E-state index contributed by atoms with van der Waals surface area (Å²) in [6.07, 6.45) is 3.29. The van der Waals surface area contributed by atoms with Gasteiger partial charge in [-0.3, -0.25) is 4.79 Å². The molecule has 0 aromatic heterocycles. The lowest BCUT2D eigenvalue weighted by Crippen LogP contribution is -2.37. The van der Waals surface area contributed by atoms with E-state index in [-0.39, 0.29) is 23.8 Å². The molecule has 1 aliphatic rings. The van der Waals surface area contributed by atoms with E-state index in [0.29, 0.717) is 12.2 Å². The first-order chi connectivity index (χ1) is 10.0. The lowest BCUT2D eigenvalue weighted by atomic mass is 9.85. The molecule has 1 aromatic rings. The van der Waals surface area contributed by atoms with Gasteiger partial charge >= 0.3 is 5.97 Å². The summed E-state index contributed by atoms with van der Waals surface area (Å²) in [5.74, 6) is -0.0503. The molecule has 0 spiro atoms. The molecule has 1 aromatic carbocycles. The molecular weight excluding hydrogens is 270 g/mol. The van der Waals surface area contributed by atoms with E-state index >= 15 is 0 Å². The average molecular weight is 293 g/mol. The Kier molecular flexibility index (Phi) is 5.07. The highest BCUT2D eigenvalue weighted by molar-refractivity contribution is 5.70. The number of phenolic OH excluding ortho intramolecular Hbond substituents is 1. The summed E-state index contributed by atoms with van der Waals surface area (Å²) in [7, 11) is 1.59. The first-order valence-electron chi connectivity index (χ1n) is 7.37. The predicted octanol–water partition coefficient (Wildman–Crippen LogP) is 2.69. The highest BCUT2D eigenvalue weighted by atomic mass is 16.5. The maximum atomic E-state index is 11.1. The van der Waals surface area contributed by atoms with Crippen LogP contribution in [0.4, 0.5) is 0 Å². The van der Waals surface area contributed by atoms with Crippen molar-refractivity contribution in [3.8, 4) is 11.5 Å². The van der Waals surface area contributed by atoms with Gasteiger partial charge in [0, 0.05) is 17.6 Å². The van der Waals surface area contributed by atoms with Gasteiger partial charge in [-0.2, -0.15) is 0 Å². The third-order valence-electron chi connectivity index (χ3n) is 4.21. The second kappa shape index (κ2) is 6.80. The molecule has 3 unspecified atom stereocenters. The number of ether oxygens (including phenoxy) is 1. The standard InChI is InChI=1S/C16H23NO4/c1-10(14-9-13(21-2)6-7-15(14)18)17-12-5-3-4-11(8-12)16(19)20/h6-7,9-12,17-18H,3-5,8H2,1-2H3,(H,19,20). The molecule has 0 radical (unpaired) electrons. The van der Waals surface area contributed by atoms with Gasteiger partial charge < -0.3 is 20.3 Å². The number of hydrogen-bond donors (Lipinski definition) is 3. The Labute approximate surface area is 124 Å². The van der Waals surface area contributed by atoms with E-state index < -0.39 is 5.97 Å². The van der Waals surface area contributed by atoms with Gasteiger partial charge in [0.2, 0.25) is 0 Å². The van der Waals surface area contributed by atoms with E-state index in [9.17, 15) is 9.90 Å². The largest absolute Gasteiger partial charge is 0.508 e. The van der Waals surface area contributed by atoms with Crippen molar-refractivity contribution >= 4 is 5.97 Å². The molecule has 0 amide bonds. The summed E-state index contributed by atoms with van der Waals surface area (Å²) in [6, 6.07) is 5.25. The summed E-state index contributed by atoms with van der Waals surface area (Å²) in [5.41, 5.74) is 0.770. The molecule has 2 rings (SSSR count). The lowest BCUT2D eigenvalue weighted by molar-refractivity contribution is -0.143. The van der Waals surface area contributed by atoms with Gasteiger partial charge in [-0.15, -0.1) is 0 Å². The van der Waals surface area contributed by atoms with E-state index in [1.54, 1.807) is 19.2 Å². The van der Waals surface area contributed by atoms with Crippen LogP contribution in [0, 0.1) is 5.92 Å². The molecule has 21 heavy (non-hydrogen) atoms. The molecule has 1 aliphatic carbocycles. The fraction of sp³-hybridized carbons (Fsp3) is 0.562. The SMILES string of the molecule is COc1ccc(O)c(C(C)NC2CCCC(C(=O)O)C2)c1. The molecule has 0 heterocycles. The predicted molar refractivity (Wildman–Crippen MR) is 79.6 cm³/mol. The maximum absolute atomic E-state index is 11.1. The van der Waals surface area contributed by atoms with Crippen molar-refractivity contribution in [1.82, 2.24) is 5.32 Å². The zero-order valence-corrected chi connectivity index (χ0v) is 12.5. The molecule has 3 N–H and O–H groups in total. The van der Waals surface area contributed by atoms with Gasteiger partial charge in [-0.1, -0.05) is 6.42 Å². The van der Waals surface area contributed by atoms with Crippen LogP contribution in [0.5, 0.6) is 11.5 Å². The van der Waals surface area contributed by atoms with Crippen LogP contribution in [0.15, 0.2) is 18.2 Å². The summed E-state index contributed by atoms with van der Waals surface area (Å²) in [6.45, 7) is 1.97. The van der Waals surface area contributed by atoms with Crippen molar-refractivity contribution in [3.05, 3.63) is 23.8 Å². The maximum Gasteiger partial charge on any atom is 0.306 e. The number of carboxylic acids is 1. The first kappa shape index (κ1) is 15.6. The topological polar surface area (TPSA) is 78.8 Å². The summed E-state index contributed by atoms with van der Waals surface area (Å²) < 4.78 is 5.18. The van der Waals surface area contributed by atoms with Crippen molar-refractivity contribution in [2.45, 2.75) is 44.7 Å². The molecule has 0 saturated heterocycles. The number of aromatic hydroxyl groups is 1. The Hall–Kier alpha value is -1.75. The summed E-state index contributed by atoms with van der Waals surface area (Å²) in [4.78, 5) is 11.1. The van der Waals surface area contributed by atoms with Gasteiger partial charge in [-0.25, -0.2) is 0 Å². The number of phenols is 1. The number of nitrogens with one attached hydrogen (secondary N) is 1. The number of benzene rings is 1. The van der Waals surface area contributed by atoms with Crippen LogP contribution in [0.25, 0.3) is 0 Å². The highest BCUT2D eigenvalue weighted by Gasteiger charge is 2.28. The molecule has 5 heteroatoms. The third kappa shape index (κ3) is 3.88. The molecule has 1 saturated carbocycles. The average Bonchev–Trinajstić information content (AvgIpc) is 2.48. The Morgan fingerprint density at radius 1 is 1.43 bits per heavy atom. The minimum absolute atomic E-state index is 0.0577. The monoisotopic (exact) mass is 293 g/mol. The fourth-order valence-corrected chi connectivity index (χ4v) is 3.02. The van der Waals surface area contributed by atoms with Gasteiger partial charge in [0.05, 0.1) is 13.0 Å². The van der Waals surface area contributed by atoms with Crippen molar-refractivity contribution < 1.29 is 19.7 Å². The van der Waals surface area contributed by atoms with Crippen LogP contribution in [-0.2, 0) is 4.79 Å². The lowest BCUT2D eigenvalue weighted by Gasteiger charge is -2.30. The van der Waals surface area contributed by atoms with Crippen LogP contribution < -0.4 is 10.1 Å². The number of methoxy groups -OCH3 is 1. The van der Waals surface area contributed by atoms with Crippen molar-refractivity contribution in [2.24, 2.45) is 5.92 Å². The first-order valence-corrected chi connectivity index (χ1v) is 7.37. The Morgan fingerprint density at radius 3 is 2.86 bits per heavy atom. The minimum Gasteiger partial charge on any atom is -0.508 e. The molecule has 0 bridgehead atoms. The van der Waals surface area contributed by atoms with E-state index in [1.807, 2.05) is 13.0 Å². The second-order valence-electron chi connectivity index (χ2n) is 5.71. The Morgan fingerprint density at radius 2 is 2.19 bits per heavy atom. The van der Waals surface area contributed by atoms with E-state index in [4.69, 9.17) is 9.84 Å². The number of carbonyl (C=O) groups is 1. The molecule has 3 atom stereocenters. The summed E-state index contributed by atoms with van der Waals surface area (Å²) in [5, 5.41) is 22.5. The molecule has 116 valence electrons. The normalized spacial score (nSPS) is 23.5. The smallest absolute Gasteiger partial charge is 0.306 e. The van der Waals surface area contributed by atoms with Crippen LogP contribution in [0.2, 0.25) is 0 Å². The van der Waals surface area contributed by atoms with Crippen LogP contribution >= 0.6 is 0 Å². The molecule has 0 aliphatic heterocycles. The minimum atomic E-state index is -0.710. The number of hydrogen-bond acceptors (Lipinski definition) is 4.